The van der Waals surface area contributed by atoms with Gasteiger partial charge in [-0.25, -0.2) is 9.94 Å². The molecule has 2 heterocycles. The average Bonchev–Trinajstić information content (AvgIpc) is 2.81. The Balaban J connectivity index is 1.94. The Morgan fingerprint density at radius 1 is 1.22 bits per heavy atom. The monoisotopic (exact) mass is 423 g/mol. The van der Waals surface area contributed by atoms with Crippen LogP contribution in [0.15, 0.2) is 58.6 Å². The summed E-state index contributed by atoms with van der Waals surface area (Å²) in [5, 5.41) is 8.41. The number of nitrogens with two attached hydrogens (primary N) is 2. The van der Waals surface area contributed by atoms with Crippen molar-refractivity contribution >= 4 is 38.6 Å². The van der Waals surface area contributed by atoms with Gasteiger partial charge < -0.3 is 11.5 Å². The van der Waals surface area contributed by atoms with Gasteiger partial charge in [0.1, 0.15) is 0 Å². The Hall–Kier alpha value is -4.35. The number of nitrogens with zero attached hydrogens (tertiary/aromatic N) is 4. The number of aromatic amines is 1. The molecule has 8 heteroatoms. The first-order valence-electron chi connectivity index (χ1n) is 9.90. The molecule has 2 aromatic heterocycles. The molecule has 0 aliphatic carbocycles. The number of hydrogen-bond acceptors (Lipinski definition) is 6. The van der Waals surface area contributed by atoms with Crippen LogP contribution in [0, 0.1) is 13.5 Å². The van der Waals surface area contributed by atoms with Crippen molar-refractivity contribution in [1.29, 1.82) is 0 Å². The third kappa shape index (κ3) is 3.41. The predicted octanol–water partition coefficient (Wildman–Crippen LogP) is 3.21. The van der Waals surface area contributed by atoms with Crippen LogP contribution in [0.3, 0.4) is 0 Å². The van der Waals surface area contributed by atoms with E-state index in [1.165, 1.54) is 6.20 Å². The molecular formula is C24H21N7O. The molecule has 0 aliphatic rings. The molecule has 0 saturated carbocycles. The summed E-state index contributed by atoms with van der Waals surface area (Å²) in [4.78, 5) is 24.9. The number of pyridine rings is 1. The maximum atomic E-state index is 12.2. The summed E-state index contributed by atoms with van der Waals surface area (Å²) in [5.41, 5.74) is 16.9. The van der Waals surface area contributed by atoms with Gasteiger partial charge >= 0.3 is 0 Å². The first kappa shape index (κ1) is 20.9. The van der Waals surface area contributed by atoms with Gasteiger partial charge in [0.2, 0.25) is 5.69 Å². The lowest BCUT2D eigenvalue weighted by atomic mass is 9.92. The summed E-state index contributed by atoms with van der Waals surface area (Å²) in [6.07, 6.45) is 3.23. The molecule has 0 fully saturated rings. The minimum Gasteiger partial charge on any atom is -0.404 e. The Labute approximate surface area is 184 Å². The van der Waals surface area contributed by atoms with Crippen molar-refractivity contribution in [3.05, 3.63) is 93.0 Å². The Bertz CT molecular complexity index is 1520. The van der Waals surface area contributed by atoms with Crippen molar-refractivity contribution in [2.75, 3.05) is 7.05 Å². The zero-order valence-electron chi connectivity index (χ0n) is 17.7. The molecule has 0 unspecified atom stereocenters. The third-order valence-electron chi connectivity index (χ3n) is 5.36. The van der Waals surface area contributed by atoms with Gasteiger partial charge in [-0.2, -0.15) is 5.10 Å². The summed E-state index contributed by atoms with van der Waals surface area (Å²) in [6.45, 7) is 9.93. The first-order chi connectivity index (χ1) is 15.5. The van der Waals surface area contributed by atoms with Crippen molar-refractivity contribution < 1.29 is 0 Å². The van der Waals surface area contributed by atoms with E-state index in [9.17, 15) is 4.79 Å². The van der Waals surface area contributed by atoms with Gasteiger partial charge in [-0.15, -0.1) is 0 Å². The number of aromatic nitrogens is 3. The largest absolute Gasteiger partial charge is 0.404 e. The van der Waals surface area contributed by atoms with Crippen LogP contribution in [0.2, 0.25) is 0 Å². The Morgan fingerprint density at radius 2 is 2.03 bits per heavy atom. The Morgan fingerprint density at radius 3 is 2.72 bits per heavy atom. The van der Waals surface area contributed by atoms with Crippen LogP contribution in [0.1, 0.15) is 22.4 Å². The van der Waals surface area contributed by atoms with Gasteiger partial charge in [0.25, 0.3) is 5.56 Å². The van der Waals surface area contributed by atoms with Crippen LogP contribution >= 0.6 is 0 Å². The molecule has 0 bridgehead atoms. The minimum atomic E-state index is -0.292. The van der Waals surface area contributed by atoms with Crippen LogP contribution in [-0.4, -0.2) is 27.9 Å². The lowest BCUT2D eigenvalue weighted by Crippen LogP contribution is -2.14. The molecule has 0 spiro atoms. The van der Waals surface area contributed by atoms with E-state index in [-0.39, 0.29) is 12.1 Å². The molecule has 0 aliphatic heterocycles. The smallest absolute Gasteiger partial charge is 0.272 e. The normalized spacial score (nSPS) is 12.3. The number of nitrogens with one attached hydrogen (secondary N) is 1. The second-order valence-electron chi connectivity index (χ2n) is 7.27. The Kier molecular flexibility index (Phi) is 5.50. The number of allylic oxidation sites excluding steroid dienone is 1. The van der Waals surface area contributed by atoms with E-state index in [4.69, 9.17) is 18.0 Å². The molecule has 0 saturated heterocycles. The fourth-order valence-electron chi connectivity index (χ4n) is 3.84. The van der Waals surface area contributed by atoms with Crippen LogP contribution < -0.4 is 17.0 Å². The van der Waals surface area contributed by atoms with E-state index >= 15 is 0 Å². The zero-order chi connectivity index (χ0) is 22.8. The molecule has 4 rings (SSSR count). The molecule has 0 amide bonds. The number of H-pyrrole nitrogens is 1. The van der Waals surface area contributed by atoms with Crippen molar-refractivity contribution in [2.24, 2.45) is 16.5 Å². The van der Waals surface area contributed by atoms with Gasteiger partial charge in [-0.05, 0) is 36.2 Å². The second-order valence-corrected chi connectivity index (χ2v) is 7.27. The van der Waals surface area contributed by atoms with Crippen LogP contribution in [0.5, 0.6) is 0 Å². The molecule has 0 atom stereocenters. The molecule has 32 heavy (non-hydrogen) atoms. The molecule has 5 N–H and O–H groups in total. The van der Waals surface area contributed by atoms with E-state index in [2.05, 4.69) is 25.0 Å². The zero-order valence-corrected chi connectivity index (χ0v) is 17.7. The highest BCUT2D eigenvalue weighted by atomic mass is 16.1. The van der Waals surface area contributed by atoms with Crippen LogP contribution in [0.25, 0.3) is 32.1 Å². The number of rotatable bonds is 4. The SMILES string of the molecule is [C-]#[N+]c1c(C(=NC)/C(=C\N)c2ccc3c(=O)[nH]nc(CN)c3c2)ccc2ncc(C)cc12. The molecule has 4 aromatic rings. The van der Waals surface area contributed by atoms with E-state index in [1.807, 2.05) is 31.2 Å². The van der Waals surface area contributed by atoms with E-state index in [0.717, 1.165) is 22.0 Å². The quantitative estimate of drug-likeness (QED) is 0.343. The first-order valence-corrected chi connectivity index (χ1v) is 9.90. The predicted molar refractivity (Wildman–Crippen MR) is 128 cm³/mol. The molecule has 0 radical (unpaired) electrons. The van der Waals surface area contributed by atoms with Crippen LogP contribution in [-0.2, 0) is 6.54 Å². The standard InChI is InChI=1S/C24H21N7O/c1-13-8-18-20(29-12-13)7-6-16(22(18)27-2)23(28-3)19(10-25)14-4-5-15-17(9-14)21(11-26)30-31-24(15)32/h4-10,12H,11,25-26H2,1,3H3,(H,31,32)/b19-10-,28-23?. The summed E-state index contributed by atoms with van der Waals surface area (Å²) in [7, 11) is 1.66. The number of hydrogen-bond donors (Lipinski definition) is 3. The fourth-order valence-corrected chi connectivity index (χ4v) is 3.84. The molecule has 158 valence electrons. The summed E-state index contributed by atoms with van der Waals surface area (Å²) < 4.78 is 0. The van der Waals surface area contributed by atoms with E-state index < -0.39 is 0 Å². The van der Waals surface area contributed by atoms with E-state index in [0.29, 0.717) is 39.0 Å². The summed E-state index contributed by atoms with van der Waals surface area (Å²) in [5.74, 6) is 0. The molecule has 8 nitrogen and oxygen atoms in total. The number of aryl methyl sites for hydroxylation is 1. The highest BCUT2D eigenvalue weighted by Gasteiger charge is 2.19. The summed E-state index contributed by atoms with van der Waals surface area (Å²) >= 11 is 0. The van der Waals surface area contributed by atoms with E-state index in [1.54, 1.807) is 25.4 Å². The van der Waals surface area contributed by atoms with Gasteiger partial charge in [0.05, 0.1) is 28.9 Å². The second kappa shape index (κ2) is 8.41. The highest BCUT2D eigenvalue weighted by Crippen LogP contribution is 2.34. The fraction of sp³-hybridized carbons (Fsp3) is 0.125. The van der Waals surface area contributed by atoms with Crippen molar-refractivity contribution in [1.82, 2.24) is 15.2 Å². The lowest BCUT2D eigenvalue weighted by Gasteiger charge is -2.15. The number of aliphatic imine (C=N–C) groups is 1. The number of benzene rings is 2. The highest BCUT2D eigenvalue weighted by molar-refractivity contribution is 6.34. The third-order valence-corrected chi connectivity index (χ3v) is 5.36. The molecular weight excluding hydrogens is 402 g/mol. The minimum absolute atomic E-state index is 0.173. The van der Waals surface area contributed by atoms with Gasteiger partial charge in [0, 0.05) is 47.9 Å². The molecule has 2 aromatic carbocycles. The van der Waals surface area contributed by atoms with Gasteiger partial charge in [-0.1, -0.05) is 18.2 Å². The topological polar surface area (TPSA) is 127 Å². The lowest BCUT2D eigenvalue weighted by molar-refractivity contribution is 0.900. The average molecular weight is 423 g/mol. The maximum Gasteiger partial charge on any atom is 0.272 e. The maximum absolute atomic E-state index is 12.2. The van der Waals surface area contributed by atoms with Crippen molar-refractivity contribution in [2.45, 2.75) is 13.5 Å². The van der Waals surface area contributed by atoms with Crippen molar-refractivity contribution in [3.8, 4) is 0 Å². The number of fused-ring (bicyclic) bond motifs is 2. The summed E-state index contributed by atoms with van der Waals surface area (Å²) in [6, 6.07) is 11.0. The van der Waals surface area contributed by atoms with Gasteiger partial charge in [-0.3, -0.25) is 14.8 Å². The van der Waals surface area contributed by atoms with Crippen molar-refractivity contribution in [3.63, 3.8) is 0 Å². The van der Waals surface area contributed by atoms with Gasteiger partial charge in [0.15, 0.2) is 0 Å². The van der Waals surface area contributed by atoms with Crippen LogP contribution in [0.4, 0.5) is 5.69 Å².